The summed E-state index contributed by atoms with van der Waals surface area (Å²) in [4.78, 5) is 0. The molecular weight excluding hydrogens is 122 g/mol. The molecule has 0 heterocycles. The van der Waals surface area contributed by atoms with Crippen LogP contribution < -0.4 is 5.73 Å². The van der Waals surface area contributed by atoms with Crippen LogP contribution in [0.5, 0.6) is 0 Å². The third-order valence-electron chi connectivity index (χ3n) is 2.36. The molecule has 0 aromatic rings. The highest BCUT2D eigenvalue weighted by molar-refractivity contribution is 4.61. The fourth-order valence-corrected chi connectivity index (χ4v) is 1.04. The van der Waals surface area contributed by atoms with Gasteiger partial charge in [-0.2, -0.15) is 0 Å². The number of rotatable bonds is 5. The zero-order chi connectivity index (χ0) is 7.98. The van der Waals surface area contributed by atoms with Crippen molar-refractivity contribution >= 4 is 0 Å². The Labute approximate surface area is 65.0 Å². The van der Waals surface area contributed by atoms with Gasteiger partial charge < -0.3 is 5.73 Å². The van der Waals surface area contributed by atoms with Gasteiger partial charge in [-0.25, -0.2) is 0 Å². The first-order valence-corrected chi connectivity index (χ1v) is 4.42. The second kappa shape index (κ2) is 5.72. The zero-order valence-electron chi connectivity index (χ0n) is 7.56. The van der Waals surface area contributed by atoms with E-state index in [-0.39, 0.29) is 0 Å². The molecule has 0 aromatic heterocycles. The fourth-order valence-electron chi connectivity index (χ4n) is 1.04. The first-order chi connectivity index (χ1) is 4.72. The van der Waals surface area contributed by atoms with E-state index < -0.39 is 0 Å². The molecule has 10 heavy (non-hydrogen) atoms. The third-order valence-corrected chi connectivity index (χ3v) is 2.36. The zero-order valence-corrected chi connectivity index (χ0v) is 7.56. The molecule has 62 valence electrons. The van der Waals surface area contributed by atoms with Crippen LogP contribution in [0.3, 0.4) is 0 Å². The van der Waals surface area contributed by atoms with Gasteiger partial charge in [0.25, 0.3) is 0 Å². The van der Waals surface area contributed by atoms with Crippen LogP contribution in [0.1, 0.15) is 40.0 Å². The standard InChI is InChI=1S/C9H21N/c1-4-5-6-8(2)9(3)7-10/h8-9H,4-7,10H2,1-3H3/t8-,9-/m1/s1. The van der Waals surface area contributed by atoms with Crippen molar-refractivity contribution in [2.45, 2.75) is 40.0 Å². The maximum absolute atomic E-state index is 5.54. The Balaban J connectivity index is 3.31. The van der Waals surface area contributed by atoms with E-state index in [2.05, 4.69) is 20.8 Å². The molecule has 0 fully saturated rings. The molecule has 2 atom stereocenters. The smallest absolute Gasteiger partial charge is 0.00490 e. The predicted molar refractivity (Wildman–Crippen MR) is 46.9 cm³/mol. The summed E-state index contributed by atoms with van der Waals surface area (Å²) in [7, 11) is 0. The maximum atomic E-state index is 5.54. The molecule has 0 saturated heterocycles. The largest absolute Gasteiger partial charge is 0.330 e. The Morgan fingerprint density at radius 1 is 1.20 bits per heavy atom. The molecule has 0 aliphatic heterocycles. The Morgan fingerprint density at radius 2 is 1.80 bits per heavy atom. The van der Waals surface area contributed by atoms with Crippen molar-refractivity contribution in [1.29, 1.82) is 0 Å². The van der Waals surface area contributed by atoms with Crippen LogP contribution in [0.15, 0.2) is 0 Å². The normalized spacial score (nSPS) is 16.8. The summed E-state index contributed by atoms with van der Waals surface area (Å²) in [6, 6.07) is 0. The quantitative estimate of drug-likeness (QED) is 0.628. The molecule has 0 saturated carbocycles. The van der Waals surface area contributed by atoms with Gasteiger partial charge in [0, 0.05) is 0 Å². The van der Waals surface area contributed by atoms with E-state index in [0.717, 1.165) is 12.5 Å². The van der Waals surface area contributed by atoms with Crippen LogP contribution in [-0.2, 0) is 0 Å². The van der Waals surface area contributed by atoms with E-state index in [4.69, 9.17) is 5.73 Å². The van der Waals surface area contributed by atoms with Gasteiger partial charge in [-0.05, 0) is 18.4 Å². The monoisotopic (exact) mass is 143 g/mol. The van der Waals surface area contributed by atoms with Gasteiger partial charge in [0.15, 0.2) is 0 Å². The second-order valence-corrected chi connectivity index (χ2v) is 3.33. The predicted octanol–water partition coefficient (Wildman–Crippen LogP) is 2.41. The molecule has 0 radical (unpaired) electrons. The lowest BCUT2D eigenvalue weighted by molar-refractivity contribution is 0.362. The summed E-state index contributed by atoms with van der Waals surface area (Å²) < 4.78 is 0. The lowest BCUT2D eigenvalue weighted by Crippen LogP contribution is -2.18. The summed E-state index contributed by atoms with van der Waals surface area (Å²) in [6.07, 6.45) is 4.00. The van der Waals surface area contributed by atoms with Gasteiger partial charge in [-0.3, -0.25) is 0 Å². The highest BCUT2D eigenvalue weighted by Gasteiger charge is 2.08. The molecule has 2 N–H and O–H groups in total. The van der Waals surface area contributed by atoms with Crippen molar-refractivity contribution in [3.8, 4) is 0 Å². The lowest BCUT2D eigenvalue weighted by Gasteiger charge is -2.16. The van der Waals surface area contributed by atoms with Crippen LogP contribution in [0, 0.1) is 11.8 Å². The van der Waals surface area contributed by atoms with Gasteiger partial charge in [-0.15, -0.1) is 0 Å². The summed E-state index contributed by atoms with van der Waals surface area (Å²) in [6.45, 7) is 7.61. The van der Waals surface area contributed by atoms with Gasteiger partial charge in [0.1, 0.15) is 0 Å². The van der Waals surface area contributed by atoms with E-state index in [9.17, 15) is 0 Å². The van der Waals surface area contributed by atoms with E-state index in [1.165, 1.54) is 19.3 Å². The number of hydrogen-bond acceptors (Lipinski definition) is 1. The van der Waals surface area contributed by atoms with E-state index in [1.807, 2.05) is 0 Å². The van der Waals surface area contributed by atoms with Crippen molar-refractivity contribution in [3.63, 3.8) is 0 Å². The average Bonchev–Trinajstić information content (AvgIpc) is 1.98. The first kappa shape index (κ1) is 9.96. The van der Waals surface area contributed by atoms with Crippen LogP contribution in [-0.4, -0.2) is 6.54 Å². The minimum absolute atomic E-state index is 0.701. The third kappa shape index (κ3) is 3.89. The first-order valence-electron chi connectivity index (χ1n) is 4.42. The van der Waals surface area contributed by atoms with Gasteiger partial charge >= 0.3 is 0 Å². The number of unbranched alkanes of at least 4 members (excludes halogenated alkanes) is 1. The molecule has 1 heteroatoms. The Bertz CT molecular complexity index is 71.1. The molecule has 0 rings (SSSR count). The summed E-state index contributed by atoms with van der Waals surface area (Å²) in [5.41, 5.74) is 5.54. The van der Waals surface area contributed by atoms with Gasteiger partial charge in [-0.1, -0.05) is 40.0 Å². The lowest BCUT2D eigenvalue weighted by atomic mass is 9.91. The van der Waals surface area contributed by atoms with Crippen molar-refractivity contribution in [2.24, 2.45) is 17.6 Å². The summed E-state index contributed by atoms with van der Waals surface area (Å²) >= 11 is 0. The average molecular weight is 143 g/mol. The van der Waals surface area contributed by atoms with E-state index >= 15 is 0 Å². The van der Waals surface area contributed by atoms with E-state index in [1.54, 1.807) is 0 Å². The van der Waals surface area contributed by atoms with Crippen molar-refractivity contribution in [1.82, 2.24) is 0 Å². The summed E-state index contributed by atoms with van der Waals surface area (Å²) in [5.74, 6) is 1.51. The second-order valence-electron chi connectivity index (χ2n) is 3.33. The van der Waals surface area contributed by atoms with Crippen molar-refractivity contribution in [3.05, 3.63) is 0 Å². The fraction of sp³-hybridized carbons (Fsp3) is 1.00. The molecule has 0 aliphatic rings. The molecule has 0 spiro atoms. The van der Waals surface area contributed by atoms with Crippen LogP contribution in [0.2, 0.25) is 0 Å². The Hall–Kier alpha value is -0.0400. The van der Waals surface area contributed by atoms with Gasteiger partial charge in [0.05, 0.1) is 0 Å². The minimum atomic E-state index is 0.701. The maximum Gasteiger partial charge on any atom is -0.00490 e. The summed E-state index contributed by atoms with van der Waals surface area (Å²) in [5, 5.41) is 0. The van der Waals surface area contributed by atoms with Crippen molar-refractivity contribution in [2.75, 3.05) is 6.54 Å². The topological polar surface area (TPSA) is 26.0 Å². The molecule has 0 aromatic carbocycles. The molecule has 0 unspecified atom stereocenters. The van der Waals surface area contributed by atoms with Crippen LogP contribution in [0.4, 0.5) is 0 Å². The molecular formula is C9H21N. The van der Waals surface area contributed by atoms with Crippen LogP contribution in [0.25, 0.3) is 0 Å². The Morgan fingerprint density at radius 3 is 2.20 bits per heavy atom. The molecule has 0 bridgehead atoms. The molecule has 0 aliphatic carbocycles. The van der Waals surface area contributed by atoms with E-state index in [0.29, 0.717) is 5.92 Å². The minimum Gasteiger partial charge on any atom is -0.330 e. The Kier molecular flexibility index (Phi) is 5.70. The number of hydrogen-bond donors (Lipinski definition) is 1. The van der Waals surface area contributed by atoms with Crippen LogP contribution >= 0.6 is 0 Å². The molecule has 1 nitrogen and oxygen atoms in total. The van der Waals surface area contributed by atoms with Crippen molar-refractivity contribution < 1.29 is 0 Å². The van der Waals surface area contributed by atoms with Gasteiger partial charge in [0.2, 0.25) is 0 Å². The SMILES string of the molecule is CCCC[C@@H](C)[C@H](C)CN. The number of nitrogens with two attached hydrogens (primary N) is 1. The highest BCUT2D eigenvalue weighted by atomic mass is 14.5. The molecule has 0 amide bonds. The highest BCUT2D eigenvalue weighted by Crippen LogP contribution is 2.16.